The van der Waals surface area contributed by atoms with E-state index in [0.717, 1.165) is 0 Å². The Balaban J connectivity index is 2.13. The van der Waals surface area contributed by atoms with E-state index in [9.17, 15) is 0 Å². The van der Waals surface area contributed by atoms with Gasteiger partial charge in [0.25, 0.3) is 0 Å². The van der Waals surface area contributed by atoms with Crippen LogP contribution in [0.25, 0.3) is 0 Å². The van der Waals surface area contributed by atoms with Crippen molar-refractivity contribution in [3.8, 4) is 11.5 Å². The molecule has 2 aromatic rings. The summed E-state index contributed by atoms with van der Waals surface area (Å²) in [7, 11) is 3.20. The zero-order valence-corrected chi connectivity index (χ0v) is 10.6. The number of tetrazole rings is 1. The zero-order chi connectivity index (χ0) is 13.8. The first-order valence-corrected chi connectivity index (χ1v) is 5.48. The van der Waals surface area contributed by atoms with Crippen molar-refractivity contribution < 1.29 is 9.47 Å². The summed E-state index contributed by atoms with van der Waals surface area (Å²) in [6, 6.07) is 5.01. The molecular formula is C11H14N6O2. The number of benzene rings is 1. The first-order valence-electron chi connectivity index (χ1n) is 5.48. The normalized spacial score (nSPS) is 10.2. The number of hydrogen-bond acceptors (Lipinski definition) is 6. The van der Waals surface area contributed by atoms with E-state index >= 15 is 0 Å². The Morgan fingerprint density at radius 2 is 2.21 bits per heavy atom. The number of nitrogens with two attached hydrogens (primary N) is 1. The molecule has 0 spiro atoms. The first-order chi connectivity index (χ1) is 9.10. The fourth-order valence-corrected chi connectivity index (χ4v) is 1.48. The van der Waals surface area contributed by atoms with E-state index in [1.807, 2.05) is 0 Å². The number of hydrogen-bond donors (Lipinski definition) is 2. The molecule has 0 aliphatic carbocycles. The van der Waals surface area contributed by atoms with Gasteiger partial charge in [-0.1, -0.05) is 0 Å². The molecule has 0 unspecified atom stereocenters. The van der Waals surface area contributed by atoms with Crippen LogP contribution in [0.5, 0.6) is 11.5 Å². The monoisotopic (exact) mass is 262 g/mol. The van der Waals surface area contributed by atoms with Crippen molar-refractivity contribution in [2.24, 2.45) is 12.8 Å². The standard InChI is InChI=1S/C11H14N6O2/c1-17-15-10(14-16-17)6-19-8-4-3-7(11(12)13)5-9(8)18-2/h3-5H,6H2,1-2H3,(H3,12,13). The number of rotatable bonds is 5. The van der Waals surface area contributed by atoms with Crippen molar-refractivity contribution in [3.05, 3.63) is 29.6 Å². The largest absolute Gasteiger partial charge is 0.493 e. The molecule has 100 valence electrons. The third kappa shape index (κ3) is 2.97. The van der Waals surface area contributed by atoms with Gasteiger partial charge < -0.3 is 15.2 Å². The summed E-state index contributed by atoms with van der Waals surface area (Å²) in [6.07, 6.45) is 0. The van der Waals surface area contributed by atoms with Gasteiger partial charge in [-0.15, -0.1) is 10.2 Å². The third-order valence-corrected chi connectivity index (χ3v) is 2.38. The van der Waals surface area contributed by atoms with Crippen LogP contribution in [0.3, 0.4) is 0 Å². The van der Waals surface area contributed by atoms with E-state index in [1.165, 1.54) is 11.9 Å². The summed E-state index contributed by atoms with van der Waals surface area (Å²) in [5.41, 5.74) is 5.98. The van der Waals surface area contributed by atoms with E-state index < -0.39 is 0 Å². The number of aromatic nitrogens is 4. The van der Waals surface area contributed by atoms with Crippen molar-refractivity contribution >= 4 is 5.84 Å². The Kier molecular flexibility index (Phi) is 3.60. The Morgan fingerprint density at radius 1 is 1.42 bits per heavy atom. The molecule has 2 rings (SSSR count). The highest BCUT2D eigenvalue weighted by atomic mass is 16.5. The van der Waals surface area contributed by atoms with E-state index in [4.69, 9.17) is 20.6 Å². The van der Waals surface area contributed by atoms with Gasteiger partial charge in [-0.05, 0) is 23.4 Å². The van der Waals surface area contributed by atoms with E-state index in [-0.39, 0.29) is 12.4 Å². The fraction of sp³-hybridized carbons (Fsp3) is 0.273. The van der Waals surface area contributed by atoms with E-state index in [0.29, 0.717) is 22.9 Å². The second kappa shape index (κ2) is 5.34. The van der Waals surface area contributed by atoms with Crippen LogP contribution in [0.15, 0.2) is 18.2 Å². The molecule has 3 N–H and O–H groups in total. The van der Waals surface area contributed by atoms with Crippen LogP contribution >= 0.6 is 0 Å². The van der Waals surface area contributed by atoms with Crippen LogP contribution in [-0.4, -0.2) is 33.2 Å². The molecule has 0 fully saturated rings. The number of amidine groups is 1. The lowest BCUT2D eigenvalue weighted by Crippen LogP contribution is -2.11. The molecule has 8 nitrogen and oxygen atoms in total. The second-order valence-electron chi connectivity index (χ2n) is 3.76. The average Bonchev–Trinajstić information content (AvgIpc) is 2.81. The number of nitrogens with one attached hydrogen (secondary N) is 1. The maximum atomic E-state index is 7.37. The molecule has 1 heterocycles. The third-order valence-electron chi connectivity index (χ3n) is 2.38. The summed E-state index contributed by atoms with van der Waals surface area (Å²) in [5, 5.41) is 18.9. The van der Waals surface area contributed by atoms with Crippen molar-refractivity contribution in [1.29, 1.82) is 5.41 Å². The van der Waals surface area contributed by atoms with Crippen molar-refractivity contribution in [2.45, 2.75) is 6.61 Å². The molecule has 0 radical (unpaired) electrons. The molecule has 1 aromatic carbocycles. The number of methoxy groups -OCH3 is 1. The van der Waals surface area contributed by atoms with Gasteiger partial charge >= 0.3 is 0 Å². The van der Waals surface area contributed by atoms with E-state index in [1.54, 1.807) is 25.2 Å². The predicted octanol–water partition coefficient (Wildman–Crippen LogP) is 0.0818. The van der Waals surface area contributed by atoms with Crippen molar-refractivity contribution in [3.63, 3.8) is 0 Å². The topological polar surface area (TPSA) is 112 Å². The van der Waals surface area contributed by atoms with Gasteiger partial charge in [-0.2, -0.15) is 4.80 Å². The van der Waals surface area contributed by atoms with Crippen LogP contribution in [0.4, 0.5) is 0 Å². The number of ether oxygens (including phenoxy) is 2. The van der Waals surface area contributed by atoms with Crippen LogP contribution in [0.2, 0.25) is 0 Å². The van der Waals surface area contributed by atoms with Crippen LogP contribution in [0, 0.1) is 5.41 Å². The lowest BCUT2D eigenvalue weighted by atomic mass is 10.2. The summed E-state index contributed by atoms with van der Waals surface area (Å²) in [5.74, 6) is 1.47. The van der Waals surface area contributed by atoms with E-state index in [2.05, 4.69) is 15.4 Å². The molecule has 0 bridgehead atoms. The minimum Gasteiger partial charge on any atom is -0.493 e. The SMILES string of the molecule is COc1cc(C(=N)N)ccc1OCc1nnn(C)n1. The van der Waals surface area contributed by atoms with Crippen molar-refractivity contribution in [1.82, 2.24) is 20.2 Å². The molecule has 19 heavy (non-hydrogen) atoms. The average molecular weight is 262 g/mol. The van der Waals surface area contributed by atoms with Gasteiger partial charge in [0.15, 0.2) is 18.1 Å². The number of nitrogens with zero attached hydrogens (tertiary/aromatic N) is 4. The highest BCUT2D eigenvalue weighted by Crippen LogP contribution is 2.28. The highest BCUT2D eigenvalue weighted by Gasteiger charge is 2.09. The predicted molar refractivity (Wildman–Crippen MR) is 67.1 cm³/mol. The maximum absolute atomic E-state index is 7.37. The molecule has 0 atom stereocenters. The fourth-order valence-electron chi connectivity index (χ4n) is 1.48. The Bertz CT molecular complexity index is 595. The zero-order valence-electron chi connectivity index (χ0n) is 10.6. The minimum absolute atomic E-state index is 0.0274. The molecule has 0 aliphatic rings. The van der Waals surface area contributed by atoms with Crippen molar-refractivity contribution in [2.75, 3.05) is 7.11 Å². The van der Waals surface area contributed by atoms with Crippen LogP contribution in [0.1, 0.15) is 11.4 Å². The number of nitrogen functional groups attached to an aromatic ring is 1. The highest BCUT2D eigenvalue weighted by molar-refractivity contribution is 5.95. The van der Waals surface area contributed by atoms with Crippen LogP contribution < -0.4 is 15.2 Å². The van der Waals surface area contributed by atoms with Gasteiger partial charge in [-0.3, -0.25) is 5.41 Å². The molecular weight excluding hydrogens is 248 g/mol. The molecule has 8 heteroatoms. The second-order valence-corrected chi connectivity index (χ2v) is 3.76. The molecule has 1 aromatic heterocycles. The quantitative estimate of drug-likeness (QED) is 0.583. The summed E-state index contributed by atoms with van der Waals surface area (Å²) in [4.78, 5) is 1.36. The Morgan fingerprint density at radius 3 is 2.79 bits per heavy atom. The Hall–Kier alpha value is -2.64. The molecule has 0 saturated carbocycles. The van der Waals surface area contributed by atoms with Gasteiger partial charge in [0.05, 0.1) is 14.2 Å². The molecule has 0 aliphatic heterocycles. The minimum atomic E-state index is -0.0274. The lowest BCUT2D eigenvalue weighted by molar-refractivity contribution is 0.276. The summed E-state index contributed by atoms with van der Waals surface area (Å²) < 4.78 is 10.7. The lowest BCUT2D eigenvalue weighted by Gasteiger charge is -2.10. The summed E-state index contributed by atoms with van der Waals surface area (Å²) in [6.45, 7) is 0.184. The van der Waals surface area contributed by atoms with Gasteiger partial charge in [0.2, 0.25) is 5.82 Å². The summed E-state index contributed by atoms with van der Waals surface area (Å²) >= 11 is 0. The maximum Gasteiger partial charge on any atom is 0.212 e. The molecule has 0 amide bonds. The molecule has 0 saturated heterocycles. The Labute approximate surface area is 109 Å². The first kappa shape index (κ1) is 12.8. The van der Waals surface area contributed by atoms with Gasteiger partial charge in [0, 0.05) is 5.56 Å². The van der Waals surface area contributed by atoms with Gasteiger partial charge in [-0.25, -0.2) is 0 Å². The van der Waals surface area contributed by atoms with Gasteiger partial charge in [0.1, 0.15) is 5.84 Å². The van der Waals surface area contributed by atoms with Crippen LogP contribution in [-0.2, 0) is 13.7 Å². The number of aryl methyl sites for hydroxylation is 1. The smallest absolute Gasteiger partial charge is 0.212 e.